The molecule has 1 saturated carbocycles. The molecule has 3 aromatic heterocycles. The van der Waals surface area contributed by atoms with E-state index < -0.39 is 6.09 Å². The molecule has 0 bridgehead atoms. The number of hydrogen-bond donors (Lipinski definition) is 3. The van der Waals surface area contributed by atoms with Gasteiger partial charge in [-0.3, -0.25) is 9.59 Å². The molecule has 1 aliphatic heterocycles. The molecule has 2 amide bonds. The predicted octanol–water partition coefficient (Wildman–Crippen LogP) is 5.18. The molecule has 4 heterocycles. The Labute approximate surface area is 256 Å². The van der Waals surface area contributed by atoms with Gasteiger partial charge in [0, 0.05) is 84.9 Å². The van der Waals surface area contributed by atoms with Crippen LogP contribution >= 0.6 is 0 Å². The van der Waals surface area contributed by atoms with Crippen LogP contribution in [-0.2, 0) is 19.5 Å². The first-order chi connectivity index (χ1) is 21.3. The fourth-order valence-corrected chi connectivity index (χ4v) is 6.37. The van der Waals surface area contributed by atoms with Gasteiger partial charge in [-0.2, -0.15) is 0 Å². The van der Waals surface area contributed by atoms with Gasteiger partial charge in [0.1, 0.15) is 5.82 Å². The number of piperazine rings is 1. The van der Waals surface area contributed by atoms with Crippen LogP contribution in [0.25, 0.3) is 22.0 Å². The number of hydrogen-bond acceptors (Lipinski definition) is 5. The van der Waals surface area contributed by atoms with Gasteiger partial charge in [0.2, 0.25) is 0 Å². The first kappa shape index (κ1) is 29.5. The molecule has 44 heavy (non-hydrogen) atoms. The van der Waals surface area contributed by atoms with Crippen LogP contribution in [0.15, 0.2) is 53.6 Å². The molecule has 1 aromatic carbocycles. The third kappa shape index (κ3) is 6.06. The minimum Gasteiger partial charge on any atom is -0.465 e. The van der Waals surface area contributed by atoms with Crippen LogP contribution in [0.2, 0.25) is 0 Å². The molecule has 10 nitrogen and oxygen atoms in total. The maximum absolute atomic E-state index is 13.8. The van der Waals surface area contributed by atoms with E-state index in [1.807, 2.05) is 43.5 Å². The topological polar surface area (TPSA) is 124 Å². The predicted molar refractivity (Wildman–Crippen MR) is 171 cm³/mol. The van der Waals surface area contributed by atoms with Gasteiger partial charge >= 0.3 is 6.09 Å². The Balaban J connectivity index is 1.29. The maximum atomic E-state index is 13.8. The Kier molecular flexibility index (Phi) is 8.41. The van der Waals surface area contributed by atoms with Crippen molar-refractivity contribution in [3.05, 3.63) is 81.5 Å². The van der Waals surface area contributed by atoms with Gasteiger partial charge in [-0.25, -0.2) is 9.78 Å². The molecule has 0 unspecified atom stereocenters. The Morgan fingerprint density at radius 1 is 1.07 bits per heavy atom. The van der Waals surface area contributed by atoms with Gasteiger partial charge in [-0.1, -0.05) is 19.8 Å². The Morgan fingerprint density at radius 3 is 2.52 bits per heavy atom. The van der Waals surface area contributed by atoms with Crippen LogP contribution in [0.4, 0.5) is 10.6 Å². The van der Waals surface area contributed by atoms with Crippen molar-refractivity contribution < 1.29 is 14.7 Å². The summed E-state index contributed by atoms with van der Waals surface area (Å²) in [7, 11) is 0. The molecular formula is C34H40N6O4. The summed E-state index contributed by atoms with van der Waals surface area (Å²) < 4.78 is 2.26. The van der Waals surface area contributed by atoms with E-state index in [4.69, 9.17) is 4.98 Å². The number of benzene rings is 1. The number of aromatic amines is 1. The molecule has 6 rings (SSSR count). The van der Waals surface area contributed by atoms with Gasteiger partial charge in [-0.15, -0.1) is 0 Å². The average molecular weight is 597 g/mol. The lowest BCUT2D eigenvalue weighted by atomic mass is 9.85. The summed E-state index contributed by atoms with van der Waals surface area (Å²) >= 11 is 0. The van der Waals surface area contributed by atoms with Crippen LogP contribution in [0.1, 0.15) is 59.8 Å². The van der Waals surface area contributed by atoms with Crippen molar-refractivity contribution in [2.45, 2.75) is 59.0 Å². The number of fused-ring (bicyclic) bond motifs is 1. The van der Waals surface area contributed by atoms with Crippen molar-refractivity contribution in [3.63, 3.8) is 0 Å². The minimum absolute atomic E-state index is 0.156. The number of aryl methyl sites for hydroxylation is 2. The SMILES string of the molecule is CCCc1cc(C)[nH]c(=O)c1CNC(=O)c1cc(-c2ccc(N3CCN(C(=O)O)CC3)nc2)cc2c1ccn2CC1CCC1. The van der Waals surface area contributed by atoms with Crippen LogP contribution in [0.3, 0.4) is 0 Å². The van der Waals surface area contributed by atoms with E-state index in [1.54, 1.807) is 0 Å². The standard InChI is InChI=1S/C34H40N6O4/c1-3-5-24-16-22(2)37-33(42)29(24)20-36-32(41)28-17-26(18-30-27(28)10-11-40(30)21-23-6-4-7-23)25-8-9-31(35-19-25)38-12-14-39(15-13-38)34(43)44/h8-11,16-19,23H,3-7,12-15,20-21H2,1-2H3,(H,36,41)(H,37,42)(H,43,44). The summed E-state index contributed by atoms with van der Waals surface area (Å²) in [6, 6.07) is 12.0. The van der Waals surface area contributed by atoms with Crippen LogP contribution < -0.4 is 15.8 Å². The highest BCUT2D eigenvalue weighted by Crippen LogP contribution is 2.33. The Bertz CT molecular complexity index is 1730. The first-order valence-corrected chi connectivity index (χ1v) is 15.6. The molecule has 0 radical (unpaired) electrons. The third-order valence-electron chi connectivity index (χ3n) is 9.08. The largest absolute Gasteiger partial charge is 0.465 e. The van der Waals surface area contributed by atoms with Crippen LogP contribution in [-0.4, -0.2) is 62.7 Å². The number of aromatic nitrogens is 3. The van der Waals surface area contributed by atoms with Crippen molar-refractivity contribution in [1.29, 1.82) is 0 Å². The van der Waals surface area contributed by atoms with Gasteiger partial charge in [0.25, 0.3) is 11.5 Å². The van der Waals surface area contributed by atoms with Gasteiger partial charge in [0.15, 0.2) is 0 Å². The quantitative estimate of drug-likeness (QED) is 0.245. The summed E-state index contributed by atoms with van der Waals surface area (Å²) in [5.74, 6) is 1.23. The van der Waals surface area contributed by atoms with Gasteiger partial charge < -0.3 is 29.8 Å². The lowest BCUT2D eigenvalue weighted by Crippen LogP contribution is -2.48. The second-order valence-electron chi connectivity index (χ2n) is 12.1. The third-order valence-corrected chi connectivity index (χ3v) is 9.08. The highest BCUT2D eigenvalue weighted by Gasteiger charge is 2.23. The first-order valence-electron chi connectivity index (χ1n) is 15.6. The average Bonchev–Trinajstić information content (AvgIpc) is 3.41. The molecule has 230 valence electrons. The number of nitrogens with zero attached hydrogens (tertiary/aromatic N) is 4. The number of rotatable bonds is 9. The number of anilines is 1. The normalized spacial score (nSPS) is 15.4. The fraction of sp³-hybridized carbons (Fsp3) is 0.412. The van der Waals surface area contributed by atoms with Crippen LogP contribution in [0, 0.1) is 12.8 Å². The number of nitrogens with one attached hydrogen (secondary N) is 2. The lowest BCUT2D eigenvalue weighted by Gasteiger charge is -2.33. The number of H-pyrrole nitrogens is 1. The maximum Gasteiger partial charge on any atom is 0.407 e. The second kappa shape index (κ2) is 12.6. The monoisotopic (exact) mass is 596 g/mol. The molecule has 0 spiro atoms. The molecular weight excluding hydrogens is 556 g/mol. The van der Waals surface area contributed by atoms with E-state index in [1.165, 1.54) is 24.2 Å². The van der Waals surface area contributed by atoms with Crippen LogP contribution in [0.5, 0.6) is 0 Å². The Hall–Kier alpha value is -4.60. The lowest BCUT2D eigenvalue weighted by molar-refractivity contribution is 0.0952. The number of carbonyl (C=O) groups is 2. The van der Waals surface area contributed by atoms with Crippen molar-refractivity contribution in [3.8, 4) is 11.1 Å². The summed E-state index contributed by atoms with van der Waals surface area (Å²) in [4.78, 5) is 49.0. The van der Waals surface area contributed by atoms with E-state index in [0.717, 1.165) is 58.5 Å². The van der Waals surface area contributed by atoms with E-state index in [9.17, 15) is 19.5 Å². The van der Waals surface area contributed by atoms with E-state index in [2.05, 4.69) is 39.0 Å². The zero-order valence-electron chi connectivity index (χ0n) is 25.4. The second-order valence-corrected chi connectivity index (χ2v) is 12.1. The molecule has 2 aliphatic rings. The van der Waals surface area contributed by atoms with E-state index >= 15 is 0 Å². The zero-order chi connectivity index (χ0) is 30.8. The Morgan fingerprint density at radius 2 is 1.86 bits per heavy atom. The summed E-state index contributed by atoms with van der Waals surface area (Å²) in [6.45, 7) is 7.11. The van der Waals surface area contributed by atoms with E-state index in [-0.39, 0.29) is 18.0 Å². The number of carbonyl (C=O) groups excluding carboxylic acids is 1. The van der Waals surface area contributed by atoms with Crippen molar-refractivity contribution in [2.75, 3.05) is 31.1 Å². The summed E-state index contributed by atoms with van der Waals surface area (Å²) in [5, 5.41) is 13.2. The van der Waals surface area contributed by atoms with Gasteiger partial charge in [-0.05, 0) is 79.6 Å². The number of amides is 2. The molecule has 1 aliphatic carbocycles. The smallest absolute Gasteiger partial charge is 0.407 e. The molecule has 1 saturated heterocycles. The van der Waals surface area contributed by atoms with E-state index in [0.29, 0.717) is 43.2 Å². The number of pyridine rings is 2. The van der Waals surface area contributed by atoms with Crippen molar-refractivity contribution >= 4 is 28.7 Å². The molecule has 0 atom stereocenters. The summed E-state index contributed by atoms with van der Waals surface area (Å²) in [6.07, 6.45) is 8.41. The van der Waals surface area contributed by atoms with Gasteiger partial charge in [0.05, 0.1) is 0 Å². The molecule has 2 fully saturated rings. The van der Waals surface area contributed by atoms with Crippen molar-refractivity contribution in [1.82, 2.24) is 24.8 Å². The highest BCUT2D eigenvalue weighted by atomic mass is 16.4. The zero-order valence-corrected chi connectivity index (χ0v) is 25.4. The van der Waals surface area contributed by atoms with Crippen molar-refractivity contribution in [2.24, 2.45) is 5.92 Å². The molecule has 4 aromatic rings. The minimum atomic E-state index is -0.891. The molecule has 3 N–H and O–H groups in total. The fourth-order valence-electron chi connectivity index (χ4n) is 6.37. The molecule has 10 heteroatoms. The highest BCUT2D eigenvalue weighted by molar-refractivity contribution is 6.08. The number of carboxylic acid groups (broad SMARTS) is 1. The summed E-state index contributed by atoms with van der Waals surface area (Å²) in [5.41, 5.74) is 5.59.